The molecule has 0 saturated carbocycles. The molecule has 0 N–H and O–H groups in total. The maximum absolute atomic E-state index is 10.8. The van der Waals surface area contributed by atoms with E-state index in [1.165, 1.54) is 6.07 Å². The van der Waals surface area contributed by atoms with Crippen LogP contribution in [0.4, 0.5) is 11.4 Å². The summed E-state index contributed by atoms with van der Waals surface area (Å²) in [5.74, 6) is 0. The fourth-order valence-corrected chi connectivity index (χ4v) is 1.90. The number of hydrogen-bond acceptors (Lipinski definition) is 4. The molecule has 0 aliphatic carbocycles. The monoisotopic (exact) mass is 302 g/mol. The molecule has 5 nitrogen and oxygen atoms in total. The lowest BCUT2D eigenvalue weighted by molar-refractivity contribution is -0.385. The molecule has 0 spiro atoms. The minimum absolute atomic E-state index is 0.144. The van der Waals surface area contributed by atoms with Gasteiger partial charge in [0.2, 0.25) is 0 Å². The van der Waals surface area contributed by atoms with Gasteiger partial charge in [-0.15, -0.1) is 0 Å². The van der Waals surface area contributed by atoms with Crippen LogP contribution in [0.3, 0.4) is 0 Å². The van der Waals surface area contributed by atoms with Crippen molar-refractivity contribution in [3.63, 3.8) is 0 Å². The number of nitro benzene ring substituents is 1. The van der Waals surface area contributed by atoms with Crippen LogP contribution < -0.4 is 4.90 Å². The van der Waals surface area contributed by atoms with Crippen molar-refractivity contribution in [2.75, 3.05) is 32.2 Å². The largest absolute Gasteiger partial charge is 0.383 e. The van der Waals surface area contributed by atoms with E-state index in [0.717, 1.165) is 12.2 Å². The molecule has 0 unspecified atom stereocenters. The van der Waals surface area contributed by atoms with Crippen LogP contribution in [0.25, 0.3) is 0 Å². The normalized spacial score (nSPS) is 10.3. The lowest BCUT2D eigenvalue weighted by Crippen LogP contribution is -2.22. The first-order valence-corrected chi connectivity index (χ1v) is 6.25. The molecule has 94 valence electrons. The molecule has 0 saturated heterocycles. The summed E-state index contributed by atoms with van der Waals surface area (Å²) < 4.78 is 4.99. The fraction of sp³-hybridized carbons (Fsp3) is 0.455. The predicted molar refractivity (Wildman–Crippen MR) is 70.9 cm³/mol. The molecule has 0 aromatic heterocycles. The highest BCUT2D eigenvalue weighted by Gasteiger charge is 2.14. The zero-order valence-electron chi connectivity index (χ0n) is 9.85. The van der Waals surface area contributed by atoms with E-state index in [2.05, 4.69) is 15.9 Å². The van der Waals surface area contributed by atoms with Crippen LogP contribution in [0.15, 0.2) is 18.2 Å². The highest BCUT2D eigenvalue weighted by Crippen LogP contribution is 2.26. The van der Waals surface area contributed by atoms with Gasteiger partial charge in [-0.3, -0.25) is 10.1 Å². The Morgan fingerprint density at radius 2 is 2.24 bits per heavy atom. The first-order valence-electron chi connectivity index (χ1n) is 5.13. The van der Waals surface area contributed by atoms with Gasteiger partial charge in [-0.25, -0.2) is 0 Å². The van der Waals surface area contributed by atoms with Gasteiger partial charge >= 0.3 is 0 Å². The van der Waals surface area contributed by atoms with Crippen molar-refractivity contribution in [1.29, 1.82) is 0 Å². The maximum Gasteiger partial charge on any atom is 0.273 e. The van der Waals surface area contributed by atoms with Crippen LogP contribution in [0.5, 0.6) is 0 Å². The number of halogens is 1. The second kappa shape index (κ2) is 6.56. The van der Waals surface area contributed by atoms with E-state index in [1.54, 1.807) is 13.2 Å². The fourth-order valence-electron chi connectivity index (χ4n) is 1.45. The average Bonchev–Trinajstić information content (AvgIpc) is 2.34. The van der Waals surface area contributed by atoms with Gasteiger partial charge in [0.25, 0.3) is 5.69 Å². The van der Waals surface area contributed by atoms with E-state index >= 15 is 0 Å². The van der Waals surface area contributed by atoms with Crippen LogP contribution in [-0.4, -0.2) is 32.2 Å². The average molecular weight is 303 g/mol. The van der Waals surface area contributed by atoms with Gasteiger partial charge in [0.15, 0.2) is 0 Å². The third-order valence-corrected chi connectivity index (χ3v) is 3.08. The minimum atomic E-state index is -0.366. The van der Waals surface area contributed by atoms with E-state index in [9.17, 15) is 10.1 Å². The van der Waals surface area contributed by atoms with Gasteiger partial charge < -0.3 is 9.64 Å². The Kier molecular flexibility index (Phi) is 5.37. The Morgan fingerprint density at radius 1 is 1.53 bits per heavy atom. The standard InChI is InChI=1S/C11H15BrN2O3/c1-13(5-6-17-2)10-3-4-11(14(15)16)9(7-10)8-12/h3-4,7H,5-6,8H2,1-2H3. The quantitative estimate of drug-likeness (QED) is 0.460. The predicted octanol–water partition coefficient (Wildman–Crippen LogP) is 2.57. The van der Waals surface area contributed by atoms with Gasteiger partial charge in [0.1, 0.15) is 0 Å². The van der Waals surface area contributed by atoms with Crippen LogP contribution >= 0.6 is 15.9 Å². The van der Waals surface area contributed by atoms with Gasteiger partial charge in [0, 0.05) is 43.3 Å². The van der Waals surface area contributed by atoms with Crippen molar-refractivity contribution in [3.05, 3.63) is 33.9 Å². The molecule has 0 bridgehead atoms. The third kappa shape index (κ3) is 3.67. The molecular formula is C11H15BrN2O3. The molecular weight excluding hydrogens is 288 g/mol. The lowest BCUT2D eigenvalue weighted by Gasteiger charge is -2.19. The molecule has 0 atom stereocenters. The van der Waals surface area contributed by atoms with Crippen molar-refractivity contribution in [2.24, 2.45) is 0 Å². The summed E-state index contributed by atoms with van der Waals surface area (Å²) in [4.78, 5) is 12.4. The number of rotatable bonds is 6. The van der Waals surface area contributed by atoms with Crippen molar-refractivity contribution in [1.82, 2.24) is 0 Å². The van der Waals surface area contributed by atoms with E-state index < -0.39 is 0 Å². The van der Waals surface area contributed by atoms with Gasteiger partial charge in [-0.1, -0.05) is 15.9 Å². The number of nitrogens with zero attached hydrogens (tertiary/aromatic N) is 2. The molecule has 17 heavy (non-hydrogen) atoms. The highest BCUT2D eigenvalue weighted by molar-refractivity contribution is 9.08. The zero-order valence-corrected chi connectivity index (χ0v) is 11.4. The van der Waals surface area contributed by atoms with Crippen LogP contribution in [0.2, 0.25) is 0 Å². The summed E-state index contributed by atoms with van der Waals surface area (Å²) >= 11 is 3.26. The number of hydrogen-bond donors (Lipinski definition) is 0. The molecule has 0 heterocycles. The first-order chi connectivity index (χ1) is 8.10. The lowest BCUT2D eigenvalue weighted by atomic mass is 10.1. The van der Waals surface area contributed by atoms with Crippen molar-refractivity contribution in [3.8, 4) is 0 Å². The maximum atomic E-state index is 10.8. The van der Waals surface area contributed by atoms with Crippen LogP contribution in [-0.2, 0) is 10.1 Å². The Balaban J connectivity index is 2.92. The second-order valence-corrected chi connectivity index (χ2v) is 4.18. The number of alkyl halides is 1. The molecule has 0 aliphatic rings. The van der Waals surface area contributed by atoms with E-state index in [4.69, 9.17) is 4.74 Å². The topological polar surface area (TPSA) is 55.6 Å². The number of likely N-dealkylation sites (N-methyl/N-ethyl adjacent to an activating group) is 1. The molecule has 0 fully saturated rings. The van der Waals surface area contributed by atoms with Crippen molar-refractivity contribution in [2.45, 2.75) is 5.33 Å². The SMILES string of the molecule is COCCN(C)c1ccc([N+](=O)[O-])c(CBr)c1. The summed E-state index contributed by atoms with van der Waals surface area (Å²) in [5, 5.41) is 11.3. The Hall–Kier alpha value is -1.14. The summed E-state index contributed by atoms with van der Waals surface area (Å²) in [7, 11) is 3.58. The first kappa shape index (κ1) is 13.9. The minimum Gasteiger partial charge on any atom is -0.383 e. The van der Waals surface area contributed by atoms with Crippen LogP contribution in [0.1, 0.15) is 5.56 Å². The van der Waals surface area contributed by atoms with E-state index in [-0.39, 0.29) is 10.6 Å². The summed E-state index contributed by atoms with van der Waals surface area (Å²) in [5.41, 5.74) is 1.77. The number of anilines is 1. The summed E-state index contributed by atoms with van der Waals surface area (Å²) in [6.45, 7) is 1.37. The molecule has 6 heteroatoms. The zero-order chi connectivity index (χ0) is 12.8. The second-order valence-electron chi connectivity index (χ2n) is 3.62. The highest BCUT2D eigenvalue weighted by atomic mass is 79.9. The Labute approximate surface area is 109 Å². The number of ether oxygens (including phenoxy) is 1. The summed E-state index contributed by atoms with van der Waals surface area (Å²) in [6, 6.07) is 5.11. The van der Waals surface area contributed by atoms with Crippen molar-refractivity contribution < 1.29 is 9.66 Å². The third-order valence-electron chi connectivity index (χ3n) is 2.48. The van der Waals surface area contributed by atoms with Gasteiger partial charge in [-0.2, -0.15) is 0 Å². The molecule has 0 aliphatic heterocycles. The molecule has 0 radical (unpaired) electrons. The Morgan fingerprint density at radius 3 is 2.76 bits per heavy atom. The number of nitro groups is 1. The molecule has 0 amide bonds. The van der Waals surface area contributed by atoms with Gasteiger partial charge in [0.05, 0.1) is 11.5 Å². The van der Waals surface area contributed by atoms with E-state index in [1.807, 2.05) is 18.0 Å². The smallest absolute Gasteiger partial charge is 0.273 e. The number of benzene rings is 1. The molecule has 1 aromatic rings. The van der Waals surface area contributed by atoms with Gasteiger partial charge in [-0.05, 0) is 12.1 Å². The van der Waals surface area contributed by atoms with Crippen LogP contribution in [0, 0.1) is 10.1 Å². The molecule has 1 aromatic carbocycles. The molecule has 1 rings (SSSR count). The number of methoxy groups -OCH3 is 1. The Bertz CT molecular complexity index is 398. The summed E-state index contributed by atoms with van der Waals surface area (Å²) in [6.07, 6.45) is 0. The van der Waals surface area contributed by atoms with Crippen molar-refractivity contribution >= 4 is 27.3 Å². The van der Waals surface area contributed by atoms with E-state index in [0.29, 0.717) is 17.5 Å².